The molecule has 1 saturated carbocycles. The van der Waals surface area contributed by atoms with Crippen LogP contribution in [0, 0.1) is 5.41 Å². The van der Waals surface area contributed by atoms with Crippen molar-refractivity contribution in [3.05, 3.63) is 29.0 Å². The van der Waals surface area contributed by atoms with Gasteiger partial charge in [0, 0.05) is 11.6 Å². The minimum atomic E-state index is -0.0878. The molecule has 0 bridgehead atoms. The molecule has 1 unspecified atom stereocenters. The Morgan fingerprint density at radius 2 is 2.15 bits per heavy atom. The summed E-state index contributed by atoms with van der Waals surface area (Å²) in [6, 6.07) is 5.88. The van der Waals surface area contributed by atoms with E-state index in [1.54, 1.807) is 0 Å². The SMILES string of the molecule is CCC1(Cn2c(C(C)Cl)nc3ccc(Cl)cc32)CCC1. The molecule has 1 aromatic carbocycles. The van der Waals surface area contributed by atoms with Gasteiger partial charge in [0.15, 0.2) is 0 Å². The molecule has 0 N–H and O–H groups in total. The average molecular weight is 311 g/mol. The Labute approximate surface area is 130 Å². The molecule has 108 valence electrons. The second-order valence-electron chi connectivity index (χ2n) is 6.01. The summed E-state index contributed by atoms with van der Waals surface area (Å²) >= 11 is 12.5. The molecule has 2 nitrogen and oxygen atoms in total. The Morgan fingerprint density at radius 1 is 1.40 bits per heavy atom. The molecular formula is C16H20Cl2N2. The first kappa shape index (κ1) is 14.2. The summed E-state index contributed by atoms with van der Waals surface area (Å²) < 4.78 is 2.29. The first-order chi connectivity index (χ1) is 9.54. The largest absolute Gasteiger partial charge is 0.326 e. The summed E-state index contributed by atoms with van der Waals surface area (Å²) in [6.45, 7) is 5.28. The van der Waals surface area contributed by atoms with Gasteiger partial charge in [-0.1, -0.05) is 24.9 Å². The van der Waals surface area contributed by atoms with Gasteiger partial charge in [-0.15, -0.1) is 11.6 Å². The van der Waals surface area contributed by atoms with Crippen LogP contribution in [0.25, 0.3) is 11.0 Å². The molecular weight excluding hydrogens is 291 g/mol. The second kappa shape index (κ2) is 5.23. The lowest BCUT2D eigenvalue weighted by atomic mass is 9.67. The highest BCUT2D eigenvalue weighted by Crippen LogP contribution is 2.46. The van der Waals surface area contributed by atoms with Crippen LogP contribution in [0.4, 0.5) is 0 Å². The zero-order valence-electron chi connectivity index (χ0n) is 12.0. The molecule has 1 aliphatic carbocycles. The molecule has 0 radical (unpaired) electrons. The lowest BCUT2D eigenvalue weighted by molar-refractivity contribution is 0.101. The van der Waals surface area contributed by atoms with E-state index in [-0.39, 0.29) is 5.38 Å². The van der Waals surface area contributed by atoms with Gasteiger partial charge in [-0.2, -0.15) is 0 Å². The molecule has 1 atom stereocenters. The summed E-state index contributed by atoms with van der Waals surface area (Å²) in [5, 5.41) is 0.668. The van der Waals surface area contributed by atoms with Crippen LogP contribution in [-0.2, 0) is 6.54 Å². The molecule has 3 rings (SSSR count). The number of halogens is 2. The van der Waals surface area contributed by atoms with Crippen LogP contribution in [0.3, 0.4) is 0 Å². The Kier molecular flexibility index (Phi) is 3.72. The van der Waals surface area contributed by atoms with E-state index in [0.29, 0.717) is 5.41 Å². The van der Waals surface area contributed by atoms with Gasteiger partial charge in [-0.3, -0.25) is 0 Å². The van der Waals surface area contributed by atoms with Gasteiger partial charge in [-0.25, -0.2) is 4.98 Å². The fourth-order valence-corrected chi connectivity index (χ4v) is 3.55. The van der Waals surface area contributed by atoms with Crippen molar-refractivity contribution in [3.63, 3.8) is 0 Å². The third kappa shape index (κ3) is 2.33. The van der Waals surface area contributed by atoms with Crippen molar-refractivity contribution in [1.82, 2.24) is 9.55 Å². The van der Waals surface area contributed by atoms with E-state index in [1.165, 1.54) is 25.7 Å². The highest BCUT2D eigenvalue weighted by atomic mass is 35.5. The first-order valence-electron chi connectivity index (χ1n) is 7.34. The van der Waals surface area contributed by atoms with Gasteiger partial charge in [-0.05, 0) is 49.8 Å². The number of aromatic nitrogens is 2. The lowest BCUT2D eigenvalue weighted by Crippen LogP contribution is -2.34. The van der Waals surface area contributed by atoms with Crippen LogP contribution in [0.2, 0.25) is 5.02 Å². The minimum Gasteiger partial charge on any atom is -0.326 e. The summed E-state index contributed by atoms with van der Waals surface area (Å²) in [6.07, 6.45) is 5.16. The molecule has 0 amide bonds. The number of fused-ring (bicyclic) bond motifs is 1. The average Bonchev–Trinajstić information content (AvgIpc) is 2.72. The molecule has 1 aromatic heterocycles. The molecule has 0 spiro atoms. The third-order valence-corrected chi connectivity index (χ3v) is 5.18. The second-order valence-corrected chi connectivity index (χ2v) is 7.10. The first-order valence-corrected chi connectivity index (χ1v) is 8.16. The van der Waals surface area contributed by atoms with E-state index < -0.39 is 0 Å². The van der Waals surface area contributed by atoms with E-state index in [9.17, 15) is 0 Å². The molecule has 1 aliphatic rings. The molecule has 4 heteroatoms. The van der Waals surface area contributed by atoms with Crippen molar-refractivity contribution in [3.8, 4) is 0 Å². The fraction of sp³-hybridized carbons (Fsp3) is 0.562. The number of alkyl halides is 1. The number of hydrogen-bond acceptors (Lipinski definition) is 1. The smallest absolute Gasteiger partial charge is 0.127 e. The van der Waals surface area contributed by atoms with Gasteiger partial charge >= 0.3 is 0 Å². The molecule has 1 heterocycles. The maximum atomic E-state index is 6.34. The molecule has 0 saturated heterocycles. The van der Waals surface area contributed by atoms with Gasteiger partial charge in [0.2, 0.25) is 0 Å². The van der Waals surface area contributed by atoms with Gasteiger partial charge in [0.05, 0.1) is 16.4 Å². The highest BCUT2D eigenvalue weighted by Gasteiger charge is 2.36. The third-order valence-electron chi connectivity index (χ3n) is 4.75. The Bertz CT molecular complexity index is 621. The molecule has 0 aliphatic heterocycles. The Hall–Kier alpha value is -0.730. The van der Waals surface area contributed by atoms with Gasteiger partial charge in [0.1, 0.15) is 5.82 Å². The van der Waals surface area contributed by atoms with Gasteiger partial charge in [0.25, 0.3) is 0 Å². The van der Waals surface area contributed by atoms with Crippen LogP contribution in [0.1, 0.15) is 50.7 Å². The van der Waals surface area contributed by atoms with Crippen molar-refractivity contribution < 1.29 is 0 Å². The summed E-state index contributed by atoms with van der Waals surface area (Å²) in [5.74, 6) is 0.962. The van der Waals surface area contributed by atoms with E-state index in [4.69, 9.17) is 28.2 Å². The summed E-state index contributed by atoms with van der Waals surface area (Å²) in [7, 11) is 0. The quantitative estimate of drug-likeness (QED) is 0.675. The van der Waals surface area contributed by atoms with Crippen LogP contribution in [0.15, 0.2) is 18.2 Å². The van der Waals surface area contributed by atoms with Crippen LogP contribution in [-0.4, -0.2) is 9.55 Å². The van der Waals surface area contributed by atoms with Crippen molar-refractivity contribution in [2.45, 2.75) is 51.5 Å². The van der Waals surface area contributed by atoms with E-state index in [1.807, 2.05) is 25.1 Å². The lowest BCUT2D eigenvalue weighted by Gasteiger charge is -2.42. The zero-order valence-corrected chi connectivity index (χ0v) is 13.5. The highest BCUT2D eigenvalue weighted by molar-refractivity contribution is 6.31. The topological polar surface area (TPSA) is 17.8 Å². The van der Waals surface area contributed by atoms with Crippen molar-refractivity contribution >= 4 is 34.2 Å². The van der Waals surface area contributed by atoms with Crippen molar-refractivity contribution in [1.29, 1.82) is 0 Å². The number of hydrogen-bond donors (Lipinski definition) is 0. The Balaban J connectivity index is 2.10. The maximum Gasteiger partial charge on any atom is 0.127 e. The summed E-state index contributed by atoms with van der Waals surface area (Å²) in [4.78, 5) is 4.70. The molecule has 2 aromatic rings. The monoisotopic (exact) mass is 310 g/mol. The number of imidazole rings is 1. The number of rotatable bonds is 4. The van der Waals surface area contributed by atoms with Crippen LogP contribution >= 0.6 is 23.2 Å². The predicted molar refractivity (Wildman–Crippen MR) is 85.6 cm³/mol. The van der Waals surface area contributed by atoms with Gasteiger partial charge < -0.3 is 4.57 Å². The Morgan fingerprint density at radius 3 is 2.70 bits per heavy atom. The van der Waals surface area contributed by atoms with Crippen LogP contribution in [0.5, 0.6) is 0 Å². The standard InChI is InChI=1S/C16H20Cl2N2/c1-3-16(7-4-8-16)10-20-14-9-12(18)5-6-13(14)19-15(20)11(2)17/h5-6,9,11H,3-4,7-8,10H2,1-2H3. The number of nitrogens with zero attached hydrogens (tertiary/aromatic N) is 2. The zero-order chi connectivity index (χ0) is 14.3. The van der Waals surface area contributed by atoms with E-state index >= 15 is 0 Å². The predicted octanol–water partition coefficient (Wildman–Crippen LogP) is 5.57. The minimum absolute atomic E-state index is 0.0878. The van der Waals surface area contributed by atoms with Crippen molar-refractivity contribution in [2.24, 2.45) is 5.41 Å². The fourth-order valence-electron chi connectivity index (χ4n) is 3.22. The van der Waals surface area contributed by atoms with E-state index in [2.05, 4.69) is 11.5 Å². The molecule has 1 fully saturated rings. The maximum absolute atomic E-state index is 6.34. The molecule has 20 heavy (non-hydrogen) atoms. The normalized spacial score (nSPS) is 19.0. The van der Waals surface area contributed by atoms with Crippen LogP contribution < -0.4 is 0 Å². The number of benzene rings is 1. The summed E-state index contributed by atoms with van der Waals surface area (Å²) in [5.41, 5.74) is 2.53. The van der Waals surface area contributed by atoms with E-state index in [0.717, 1.165) is 28.4 Å². The van der Waals surface area contributed by atoms with Crippen molar-refractivity contribution in [2.75, 3.05) is 0 Å².